The Balaban J connectivity index is 2.71. The van der Waals surface area contributed by atoms with E-state index >= 15 is 0 Å². The van der Waals surface area contributed by atoms with E-state index in [2.05, 4.69) is 15.3 Å². The van der Waals surface area contributed by atoms with Crippen molar-refractivity contribution in [1.29, 1.82) is 0 Å². The molecule has 2 heterocycles. The summed E-state index contributed by atoms with van der Waals surface area (Å²) in [5.74, 6) is -0.418. The number of hydrogen-bond donors (Lipinski definition) is 0. The molecular weight excluding hydrogens is 178 g/mol. The predicted octanol–water partition coefficient (Wildman–Crippen LogP) is 1.37. The molecule has 0 aromatic carbocycles. The van der Waals surface area contributed by atoms with Gasteiger partial charge in [-0.25, -0.2) is 8.78 Å². The van der Waals surface area contributed by atoms with Gasteiger partial charge in [0.25, 0.3) is 6.43 Å². The summed E-state index contributed by atoms with van der Waals surface area (Å²) in [6.45, 7) is 1.72. The Morgan fingerprint density at radius 2 is 2.08 bits per heavy atom. The maximum Gasteiger partial charge on any atom is 0.299 e. The summed E-state index contributed by atoms with van der Waals surface area (Å²) in [5, 5.41) is 10.8. The van der Waals surface area contributed by atoms with Crippen molar-refractivity contribution in [1.82, 2.24) is 19.8 Å². The minimum absolute atomic E-state index is 0.334. The second-order valence-corrected chi connectivity index (χ2v) is 2.60. The molecule has 0 N–H and O–H groups in total. The van der Waals surface area contributed by atoms with Crippen molar-refractivity contribution in [3.63, 3.8) is 0 Å². The van der Waals surface area contributed by atoms with Gasteiger partial charge in [0.15, 0.2) is 5.65 Å². The molecule has 2 aromatic rings. The van der Waals surface area contributed by atoms with Crippen LogP contribution in [0.15, 0.2) is 12.1 Å². The van der Waals surface area contributed by atoms with Crippen LogP contribution in [0.2, 0.25) is 0 Å². The average Bonchev–Trinajstić information content (AvgIpc) is 2.46. The van der Waals surface area contributed by atoms with Crippen molar-refractivity contribution in [2.45, 2.75) is 13.3 Å². The zero-order chi connectivity index (χ0) is 9.42. The molecule has 0 aliphatic carbocycles. The summed E-state index contributed by atoms with van der Waals surface area (Å²) in [7, 11) is 0. The van der Waals surface area contributed by atoms with Crippen molar-refractivity contribution >= 4 is 5.65 Å². The fourth-order valence-corrected chi connectivity index (χ4v) is 1.03. The number of fused-ring (bicyclic) bond motifs is 1. The smallest absolute Gasteiger partial charge is 0.201 e. The molecule has 0 spiro atoms. The number of alkyl halides is 2. The van der Waals surface area contributed by atoms with Crippen LogP contribution in [0.25, 0.3) is 5.65 Å². The first kappa shape index (κ1) is 8.03. The van der Waals surface area contributed by atoms with Gasteiger partial charge in [0.05, 0.1) is 5.69 Å². The summed E-state index contributed by atoms with van der Waals surface area (Å²) < 4.78 is 25.7. The molecule has 0 aliphatic rings. The predicted molar refractivity (Wildman–Crippen MR) is 40.5 cm³/mol. The third-order valence-electron chi connectivity index (χ3n) is 1.62. The standard InChI is InChI=1S/C7H6F2N4/c1-4-2-3-5-10-11-7(6(8)9)13(5)12-4/h2-3,6H,1H3. The number of aryl methyl sites for hydroxylation is 1. The minimum Gasteiger partial charge on any atom is -0.201 e. The van der Waals surface area contributed by atoms with Crippen LogP contribution in [-0.4, -0.2) is 19.8 Å². The van der Waals surface area contributed by atoms with Gasteiger partial charge >= 0.3 is 0 Å². The molecule has 0 radical (unpaired) electrons. The zero-order valence-corrected chi connectivity index (χ0v) is 6.78. The van der Waals surface area contributed by atoms with E-state index < -0.39 is 12.2 Å². The van der Waals surface area contributed by atoms with E-state index in [-0.39, 0.29) is 0 Å². The van der Waals surface area contributed by atoms with Gasteiger partial charge in [-0.05, 0) is 19.1 Å². The van der Waals surface area contributed by atoms with Gasteiger partial charge in [-0.2, -0.15) is 9.61 Å². The Hall–Kier alpha value is -1.59. The fraction of sp³-hybridized carbons (Fsp3) is 0.286. The van der Waals surface area contributed by atoms with Gasteiger partial charge in [0.1, 0.15) is 0 Å². The molecule has 6 heteroatoms. The van der Waals surface area contributed by atoms with E-state index in [0.717, 1.165) is 4.52 Å². The Morgan fingerprint density at radius 3 is 2.77 bits per heavy atom. The molecule has 4 nitrogen and oxygen atoms in total. The molecular formula is C7H6F2N4. The number of nitrogens with zero attached hydrogens (tertiary/aromatic N) is 4. The van der Waals surface area contributed by atoms with Crippen LogP contribution >= 0.6 is 0 Å². The van der Waals surface area contributed by atoms with Crippen molar-refractivity contribution in [3.05, 3.63) is 23.7 Å². The highest BCUT2D eigenvalue weighted by atomic mass is 19.3. The van der Waals surface area contributed by atoms with E-state index in [0.29, 0.717) is 11.3 Å². The average molecular weight is 184 g/mol. The molecule has 2 aromatic heterocycles. The number of hydrogen-bond acceptors (Lipinski definition) is 3. The zero-order valence-electron chi connectivity index (χ0n) is 6.78. The first-order valence-electron chi connectivity index (χ1n) is 3.65. The molecule has 13 heavy (non-hydrogen) atoms. The second kappa shape index (κ2) is 2.72. The first-order chi connectivity index (χ1) is 6.18. The molecule has 68 valence electrons. The maximum atomic E-state index is 12.3. The van der Waals surface area contributed by atoms with Crippen LogP contribution in [0.5, 0.6) is 0 Å². The van der Waals surface area contributed by atoms with Crippen LogP contribution in [0.4, 0.5) is 8.78 Å². The van der Waals surface area contributed by atoms with E-state index in [9.17, 15) is 8.78 Å². The van der Waals surface area contributed by atoms with Gasteiger partial charge in [-0.1, -0.05) is 0 Å². The van der Waals surface area contributed by atoms with Gasteiger partial charge in [0.2, 0.25) is 5.82 Å². The highest BCUT2D eigenvalue weighted by molar-refractivity contribution is 5.36. The molecule has 0 aliphatic heterocycles. The van der Waals surface area contributed by atoms with Crippen molar-refractivity contribution < 1.29 is 8.78 Å². The molecule has 2 rings (SSSR count). The van der Waals surface area contributed by atoms with Crippen LogP contribution in [0, 0.1) is 6.92 Å². The summed E-state index contributed by atoms with van der Waals surface area (Å²) in [5.41, 5.74) is 0.982. The normalized spacial score (nSPS) is 11.4. The van der Waals surface area contributed by atoms with E-state index in [1.54, 1.807) is 19.1 Å². The molecule has 0 amide bonds. The van der Waals surface area contributed by atoms with Gasteiger partial charge < -0.3 is 0 Å². The van der Waals surface area contributed by atoms with Gasteiger partial charge in [0, 0.05) is 0 Å². The fourth-order valence-electron chi connectivity index (χ4n) is 1.03. The SMILES string of the molecule is Cc1ccc2nnc(C(F)F)n2n1. The summed E-state index contributed by atoms with van der Waals surface area (Å²) in [6.07, 6.45) is -2.65. The Morgan fingerprint density at radius 1 is 1.31 bits per heavy atom. The molecule has 0 unspecified atom stereocenters. The highest BCUT2D eigenvalue weighted by Gasteiger charge is 2.16. The summed E-state index contributed by atoms with van der Waals surface area (Å²) in [6, 6.07) is 3.29. The largest absolute Gasteiger partial charge is 0.299 e. The Labute approximate surface area is 72.2 Å². The van der Waals surface area contributed by atoms with E-state index in [1.165, 1.54) is 0 Å². The molecule has 0 saturated heterocycles. The summed E-state index contributed by atoms with van der Waals surface area (Å²) >= 11 is 0. The monoisotopic (exact) mass is 184 g/mol. The number of halogens is 2. The number of rotatable bonds is 1. The van der Waals surface area contributed by atoms with Crippen LogP contribution in [-0.2, 0) is 0 Å². The summed E-state index contributed by atoms with van der Waals surface area (Å²) in [4.78, 5) is 0. The quantitative estimate of drug-likeness (QED) is 0.672. The van der Waals surface area contributed by atoms with E-state index in [1.807, 2.05) is 0 Å². The van der Waals surface area contributed by atoms with Gasteiger partial charge in [-0.3, -0.25) is 0 Å². The Kier molecular flexibility index (Phi) is 1.68. The lowest BCUT2D eigenvalue weighted by Gasteiger charge is -1.96. The molecule has 0 bridgehead atoms. The number of aromatic nitrogens is 4. The maximum absolute atomic E-state index is 12.3. The highest BCUT2D eigenvalue weighted by Crippen LogP contribution is 2.16. The molecule has 0 atom stereocenters. The second-order valence-electron chi connectivity index (χ2n) is 2.60. The lowest BCUT2D eigenvalue weighted by molar-refractivity contribution is 0.137. The van der Waals surface area contributed by atoms with Crippen molar-refractivity contribution in [3.8, 4) is 0 Å². The van der Waals surface area contributed by atoms with Crippen LogP contribution < -0.4 is 0 Å². The molecule has 0 saturated carbocycles. The van der Waals surface area contributed by atoms with E-state index in [4.69, 9.17) is 0 Å². The lowest BCUT2D eigenvalue weighted by Crippen LogP contribution is -2.00. The lowest BCUT2D eigenvalue weighted by atomic mass is 10.4. The molecule has 0 fully saturated rings. The van der Waals surface area contributed by atoms with Crippen molar-refractivity contribution in [2.24, 2.45) is 0 Å². The first-order valence-corrected chi connectivity index (χ1v) is 3.65. The van der Waals surface area contributed by atoms with Gasteiger partial charge in [-0.15, -0.1) is 10.2 Å². The van der Waals surface area contributed by atoms with Crippen LogP contribution in [0.3, 0.4) is 0 Å². The third kappa shape index (κ3) is 1.24. The van der Waals surface area contributed by atoms with Crippen molar-refractivity contribution in [2.75, 3.05) is 0 Å². The minimum atomic E-state index is -2.65. The topological polar surface area (TPSA) is 43.1 Å². The Bertz CT molecular complexity index is 437. The third-order valence-corrected chi connectivity index (χ3v) is 1.62. The van der Waals surface area contributed by atoms with Crippen LogP contribution in [0.1, 0.15) is 17.9 Å².